The lowest BCUT2D eigenvalue weighted by Crippen LogP contribution is -2.53. The standard InChI is InChI=1S/C22H25N7O4/c1-22(33)7-8-28(19(30)13-5-6-15-14(9-13)23-11-25(15)2)10-16(22)29-12-24-18-17(29)20(31)27(4)21(32)26(18)3/h5-6,9,11-12,16,33H,7-8,10H2,1-4H3/t16-,22-/m0/s1. The van der Waals surface area contributed by atoms with Gasteiger partial charge in [0, 0.05) is 39.8 Å². The Morgan fingerprint density at radius 2 is 1.88 bits per heavy atom. The van der Waals surface area contributed by atoms with E-state index in [1.807, 2.05) is 17.7 Å². The van der Waals surface area contributed by atoms with Crippen molar-refractivity contribution < 1.29 is 9.90 Å². The Balaban J connectivity index is 1.55. The van der Waals surface area contributed by atoms with E-state index in [-0.39, 0.29) is 23.6 Å². The van der Waals surface area contributed by atoms with Crippen molar-refractivity contribution in [3.63, 3.8) is 0 Å². The lowest BCUT2D eigenvalue weighted by atomic mass is 9.87. The fourth-order valence-corrected chi connectivity index (χ4v) is 4.65. The topological polar surface area (TPSA) is 120 Å². The zero-order chi connectivity index (χ0) is 23.7. The average molecular weight is 451 g/mol. The molecule has 5 rings (SSSR count). The van der Waals surface area contributed by atoms with E-state index in [4.69, 9.17) is 0 Å². The van der Waals surface area contributed by atoms with Gasteiger partial charge in [0.15, 0.2) is 11.2 Å². The van der Waals surface area contributed by atoms with Crippen LogP contribution in [0.4, 0.5) is 0 Å². The van der Waals surface area contributed by atoms with Gasteiger partial charge in [0.05, 0.1) is 35.3 Å². The first kappa shape index (κ1) is 21.1. The Morgan fingerprint density at radius 1 is 1.12 bits per heavy atom. The molecule has 4 aromatic rings. The van der Waals surface area contributed by atoms with Crippen molar-refractivity contribution in [3.05, 3.63) is 57.3 Å². The number of fused-ring (bicyclic) bond motifs is 2. The molecule has 1 amide bonds. The van der Waals surface area contributed by atoms with Crippen LogP contribution in [0.1, 0.15) is 29.7 Å². The summed E-state index contributed by atoms with van der Waals surface area (Å²) < 4.78 is 5.80. The van der Waals surface area contributed by atoms with Crippen LogP contribution in [-0.2, 0) is 21.1 Å². The lowest BCUT2D eigenvalue weighted by molar-refractivity contribution is -0.0432. The predicted molar refractivity (Wildman–Crippen MR) is 121 cm³/mol. The summed E-state index contributed by atoms with van der Waals surface area (Å²) in [5, 5.41) is 11.2. The highest BCUT2D eigenvalue weighted by molar-refractivity contribution is 5.97. The number of aliphatic hydroxyl groups is 1. The zero-order valence-corrected chi connectivity index (χ0v) is 18.9. The summed E-state index contributed by atoms with van der Waals surface area (Å²) in [6.07, 6.45) is 3.48. The SMILES string of the molecule is Cn1c(=O)c2c(ncn2[C@H]2CN(C(=O)c3ccc4c(c3)ncn4C)CC[C@]2(C)O)n(C)c1=O. The number of hydrogen-bond acceptors (Lipinski definition) is 6. The molecule has 0 radical (unpaired) electrons. The Bertz CT molecular complexity index is 1540. The molecule has 3 aromatic heterocycles. The highest BCUT2D eigenvalue weighted by Gasteiger charge is 2.41. The molecule has 1 aliphatic heterocycles. The van der Waals surface area contributed by atoms with Crippen LogP contribution in [0.15, 0.2) is 40.4 Å². The number of imidazole rings is 2. The van der Waals surface area contributed by atoms with Crippen molar-refractivity contribution in [1.29, 1.82) is 0 Å². The maximum Gasteiger partial charge on any atom is 0.332 e. The van der Waals surface area contributed by atoms with Gasteiger partial charge in [-0.15, -0.1) is 0 Å². The van der Waals surface area contributed by atoms with Crippen LogP contribution in [0, 0.1) is 0 Å². The van der Waals surface area contributed by atoms with Crippen molar-refractivity contribution in [2.75, 3.05) is 13.1 Å². The average Bonchev–Trinajstić information content (AvgIpc) is 3.39. The van der Waals surface area contributed by atoms with Crippen molar-refractivity contribution in [2.24, 2.45) is 21.1 Å². The molecule has 2 atom stereocenters. The first-order valence-corrected chi connectivity index (χ1v) is 10.7. The minimum Gasteiger partial charge on any atom is -0.388 e. The molecule has 1 N–H and O–H groups in total. The fraction of sp³-hybridized carbons (Fsp3) is 0.409. The van der Waals surface area contributed by atoms with Gasteiger partial charge in [0.1, 0.15) is 0 Å². The summed E-state index contributed by atoms with van der Waals surface area (Å²) in [5.74, 6) is -0.173. The summed E-state index contributed by atoms with van der Waals surface area (Å²) >= 11 is 0. The van der Waals surface area contributed by atoms with Gasteiger partial charge in [-0.2, -0.15) is 0 Å². The first-order chi connectivity index (χ1) is 15.6. The van der Waals surface area contributed by atoms with Crippen LogP contribution < -0.4 is 11.2 Å². The van der Waals surface area contributed by atoms with E-state index in [1.54, 1.807) is 41.9 Å². The van der Waals surface area contributed by atoms with Crippen LogP contribution in [0.3, 0.4) is 0 Å². The highest BCUT2D eigenvalue weighted by atomic mass is 16.3. The van der Waals surface area contributed by atoms with Gasteiger partial charge in [-0.1, -0.05) is 0 Å². The lowest BCUT2D eigenvalue weighted by Gasteiger charge is -2.43. The number of rotatable bonds is 2. The molecule has 1 saturated heterocycles. The molecule has 0 spiro atoms. The van der Waals surface area contributed by atoms with Crippen LogP contribution in [0.25, 0.3) is 22.2 Å². The molecule has 172 valence electrons. The van der Waals surface area contributed by atoms with Gasteiger partial charge in [-0.3, -0.25) is 18.7 Å². The summed E-state index contributed by atoms with van der Waals surface area (Å²) in [6.45, 7) is 2.24. The maximum atomic E-state index is 13.3. The number of aromatic nitrogens is 6. The molecule has 11 nitrogen and oxygen atoms in total. The van der Waals surface area contributed by atoms with Gasteiger partial charge >= 0.3 is 5.69 Å². The van der Waals surface area contributed by atoms with E-state index in [0.717, 1.165) is 15.6 Å². The van der Waals surface area contributed by atoms with Crippen molar-refractivity contribution in [2.45, 2.75) is 25.0 Å². The molecule has 4 heterocycles. The van der Waals surface area contributed by atoms with Gasteiger partial charge in [-0.25, -0.2) is 14.8 Å². The third-order valence-corrected chi connectivity index (χ3v) is 6.77. The van der Waals surface area contributed by atoms with Gasteiger partial charge < -0.3 is 19.1 Å². The van der Waals surface area contributed by atoms with E-state index >= 15 is 0 Å². The van der Waals surface area contributed by atoms with E-state index in [1.165, 1.54) is 17.9 Å². The molecule has 0 bridgehead atoms. The molecular weight excluding hydrogens is 426 g/mol. The van der Waals surface area contributed by atoms with Crippen LogP contribution in [-0.4, -0.2) is 62.8 Å². The minimum atomic E-state index is -1.19. The smallest absolute Gasteiger partial charge is 0.332 e. The summed E-state index contributed by atoms with van der Waals surface area (Å²) in [6, 6.07) is 4.77. The number of carbonyl (C=O) groups excluding carboxylic acids is 1. The van der Waals surface area contributed by atoms with Gasteiger partial charge in [0.25, 0.3) is 11.5 Å². The molecular formula is C22H25N7O4. The Labute approximate surface area is 188 Å². The third-order valence-electron chi connectivity index (χ3n) is 6.77. The van der Waals surface area contributed by atoms with E-state index in [0.29, 0.717) is 18.5 Å². The van der Waals surface area contributed by atoms with E-state index < -0.39 is 22.9 Å². The molecule has 0 unspecified atom stereocenters. The second kappa shape index (κ2) is 7.14. The number of hydrogen-bond donors (Lipinski definition) is 1. The number of piperidine rings is 1. The zero-order valence-electron chi connectivity index (χ0n) is 18.9. The van der Waals surface area contributed by atoms with Gasteiger partial charge in [0.2, 0.25) is 0 Å². The number of carbonyl (C=O) groups is 1. The van der Waals surface area contributed by atoms with Crippen molar-refractivity contribution >= 4 is 28.1 Å². The quantitative estimate of drug-likeness (QED) is 0.464. The Morgan fingerprint density at radius 3 is 2.64 bits per heavy atom. The maximum absolute atomic E-state index is 13.3. The van der Waals surface area contributed by atoms with Crippen LogP contribution >= 0.6 is 0 Å². The van der Waals surface area contributed by atoms with Gasteiger partial charge in [-0.05, 0) is 31.5 Å². The second-order valence-electron chi connectivity index (χ2n) is 8.96. The van der Waals surface area contributed by atoms with Crippen LogP contribution in [0.2, 0.25) is 0 Å². The molecule has 1 aromatic carbocycles. The number of likely N-dealkylation sites (tertiary alicyclic amines) is 1. The fourth-order valence-electron chi connectivity index (χ4n) is 4.65. The number of aryl methyl sites for hydroxylation is 2. The monoisotopic (exact) mass is 451 g/mol. The number of nitrogens with zero attached hydrogens (tertiary/aromatic N) is 7. The Hall–Kier alpha value is -3.73. The second-order valence-corrected chi connectivity index (χ2v) is 8.96. The van der Waals surface area contributed by atoms with Crippen molar-refractivity contribution in [1.82, 2.24) is 33.1 Å². The molecule has 0 saturated carbocycles. The third kappa shape index (κ3) is 3.10. The normalized spacial score (nSPS) is 21.2. The first-order valence-electron chi connectivity index (χ1n) is 10.7. The Kier molecular flexibility index (Phi) is 4.57. The number of amides is 1. The molecule has 1 fully saturated rings. The summed E-state index contributed by atoms with van der Waals surface area (Å²) in [4.78, 5) is 48.8. The highest BCUT2D eigenvalue weighted by Crippen LogP contribution is 2.34. The number of benzene rings is 1. The molecule has 11 heteroatoms. The molecule has 0 aliphatic carbocycles. The summed E-state index contributed by atoms with van der Waals surface area (Å²) in [7, 11) is 4.85. The predicted octanol–water partition coefficient (Wildman–Crippen LogP) is 0.159. The van der Waals surface area contributed by atoms with E-state index in [2.05, 4.69) is 9.97 Å². The molecule has 1 aliphatic rings. The minimum absolute atomic E-state index is 0.173. The van der Waals surface area contributed by atoms with Crippen LogP contribution in [0.5, 0.6) is 0 Å². The largest absolute Gasteiger partial charge is 0.388 e. The molecule has 33 heavy (non-hydrogen) atoms. The van der Waals surface area contributed by atoms with E-state index in [9.17, 15) is 19.5 Å². The summed E-state index contributed by atoms with van der Waals surface area (Å²) in [5.41, 5.74) is 0.466. The van der Waals surface area contributed by atoms with Crippen molar-refractivity contribution in [3.8, 4) is 0 Å².